The molecule has 1 aliphatic rings. The molecule has 2 N–H and O–H groups in total. The van der Waals surface area contributed by atoms with Crippen molar-refractivity contribution in [2.75, 3.05) is 17.2 Å². The van der Waals surface area contributed by atoms with Crippen LogP contribution >= 0.6 is 0 Å². The van der Waals surface area contributed by atoms with Crippen molar-refractivity contribution in [2.45, 2.75) is 18.9 Å². The van der Waals surface area contributed by atoms with E-state index in [1.807, 2.05) is 54.6 Å². The fourth-order valence-corrected chi connectivity index (χ4v) is 4.10. The quantitative estimate of drug-likeness (QED) is 0.473. The highest BCUT2D eigenvalue weighted by atomic mass is 16.5. The van der Waals surface area contributed by atoms with E-state index in [1.165, 1.54) is 17.5 Å². The molecule has 162 valence electrons. The molecule has 1 amide bonds. The van der Waals surface area contributed by atoms with Crippen molar-refractivity contribution >= 4 is 28.3 Å². The van der Waals surface area contributed by atoms with Gasteiger partial charge in [-0.25, -0.2) is 9.97 Å². The van der Waals surface area contributed by atoms with Crippen molar-refractivity contribution in [3.8, 4) is 11.8 Å². The van der Waals surface area contributed by atoms with E-state index in [2.05, 4.69) is 32.7 Å². The van der Waals surface area contributed by atoms with Crippen LogP contribution in [0.5, 0.6) is 5.75 Å². The fraction of sp³-hybridized carbons (Fsp3) is 0.154. The minimum Gasteiger partial charge on any atom is -0.484 e. The molecule has 33 heavy (non-hydrogen) atoms. The fourth-order valence-electron chi connectivity index (χ4n) is 4.10. The molecular formula is C26H21N5O2. The minimum absolute atomic E-state index is 0.0449. The third-order valence-corrected chi connectivity index (χ3v) is 5.64. The average Bonchev–Trinajstić information content (AvgIpc) is 3.25. The van der Waals surface area contributed by atoms with Crippen molar-refractivity contribution in [1.82, 2.24) is 9.97 Å². The van der Waals surface area contributed by atoms with Gasteiger partial charge in [0.2, 0.25) is 0 Å². The van der Waals surface area contributed by atoms with Gasteiger partial charge in [0.1, 0.15) is 17.9 Å². The Bertz CT molecular complexity index is 1360. The number of amides is 1. The van der Waals surface area contributed by atoms with Crippen molar-refractivity contribution in [3.05, 3.63) is 89.7 Å². The van der Waals surface area contributed by atoms with E-state index >= 15 is 0 Å². The Balaban J connectivity index is 1.24. The summed E-state index contributed by atoms with van der Waals surface area (Å²) in [5.41, 5.74) is 4.55. The molecule has 0 fully saturated rings. The predicted molar refractivity (Wildman–Crippen MR) is 126 cm³/mol. The van der Waals surface area contributed by atoms with E-state index in [9.17, 15) is 10.1 Å². The smallest absolute Gasteiger partial charge is 0.262 e. The Labute approximate surface area is 191 Å². The summed E-state index contributed by atoms with van der Waals surface area (Å²) in [6.07, 6.45) is 3.19. The summed E-state index contributed by atoms with van der Waals surface area (Å²) >= 11 is 0. The molecular weight excluding hydrogens is 414 g/mol. The van der Waals surface area contributed by atoms with Crippen LogP contribution < -0.4 is 15.4 Å². The third-order valence-electron chi connectivity index (χ3n) is 5.64. The lowest BCUT2D eigenvalue weighted by atomic mass is 10.1. The van der Waals surface area contributed by atoms with Gasteiger partial charge < -0.3 is 15.4 Å². The van der Waals surface area contributed by atoms with Crippen molar-refractivity contribution < 1.29 is 9.53 Å². The van der Waals surface area contributed by atoms with Crippen LogP contribution in [0.25, 0.3) is 10.9 Å². The molecule has 0 aliphatic heterocycles. The lowest BCUT2D eigenvalue weighted by Crippen LogP contribution is -2.20. The number of carbonyl (C=O) groups is 1. The van der Waals surface area contributed by atoms with Gasteiger partial charge in [0.25, 0.3) is 5.91 Å². The molecule has 3 aromatic carbocycles. The number of benzene rings is 3. The number of nitriles is 1. The number of hydrogen-bond acceptors (Lipinski definition) is 6. The van der Waals surface area contributed by atoms with Gasteiger partial charge in [-0.1, -0.05) is 24.3 Å². The summed E-state index contributed by atoms with van der Waals surface area (Å²) in [7, 11) is 0. The van der Waals surface area contributed by atoms with Crippen molar-refractivity contribution in [1.29, 1.82) is 5.26 Å². The van der Waals surface area contributed by atoms with Crippen LogP contribution in [-0.4, -0.2) is 28.5 Å². The third kappa shape index (κ3) is 4.60. The number of aromatic nitrogens is 2. The Hall–Kier alpha value is -4.44. The second-order valence-corrected chi connectivity index (χ2v) is 7.95. The number of nitrogens with one attached hydrogen (secondary N) is 2. The topological polar surface area (TPSA) is 99.9 Å². The molecule has 4 aromatic rings. The van der Waals surface area contributed by atoms with E-state index < -0.39 is 0 Å². The molecule has 1 unspecified atom stereocenters. The van der Waals surface area contributed by atoms with Gasteiger partial charge in [0.05, 0.1) is 17.1 Å². The molecule has 1 aliphatic carbocycles. The van der Waals surface area contributed by atoms with Gasteiger partial charge in [0, 0.05) is 17.1 Å². The standard InChI is InChI=1S/C26H21N5O2/c27-14-17-6-9-24-23(10-17)26(29-16-28-24)31-21-11-18-7-8-20(12-19(18)13-21)30-25(32)15-33-22-4-2-1-3-5-22/h1-10,12,16,21H,11,13,15H2,(H,30,32)(H,28,29,31). The second kappa shape index (κ2) is 8.97. The van der Waals surface area contributed by atoms with E-state index in [4.69, 9.17) is 4.74 Å². The summed E-state index contributed by atoms with van der Waals surface area (Å²) in [5.74, 6) is 1.18. The first-order valence-electron chi connectivity index (χ1n) is 10.7. The number of para-hydroxylation sites is 1. The van der Waals surface area contributed by atoms with E-state index in [-0.39, 0.29) is 18.6 Å². The van der Waals surface area contributed by atoms with Crippen LogP contribution in [0, 0.1) is 11.3 Å². The molecule has 0 saturated heterocycles. The van der Waals surface area contributed by atoms with Gasteiger partial charge in [-0.05, 0) is 66.4 Å². The maximum Gasteiger partial charge on any atom is 0.262 e. The molecule has 7 heteroatoms. The molecule has 0 saturated carbocycles. The highest BCUT2D eigenvalue weighted by Gasteiger charge is 2.23. The zero-order valence-corrected chi connectivity index (χ0v) is 17.8. The Morgan fingerprint density at radius 1 is 1.03 bits per heavy atom. The highest BCUT2D eigenvalue weighted by molar-refractivity contribution is 5.92. The molecule has 5 rings (SSSR count). The Kier molecular flexibility index (Phi) is 5.56. The molecule has 1 atom stereocenters. The van der Waals surface area contributed by atoms with Crippen LogP contribution in [-0.2, 0) is 17.6 Å². The van der Waals surface area contributed by atoms with Gasteiger partial charge in [-0.15, -0.1) is 0 Å². The van der Waals surface area contributed by atoms with Crippen LogP contribution in [0.4, 0.5) is 11.5 Å². The number of ether oxygens (including phenoxy) is 1. The number of nitrogens with zero attached hydrogens (tertiary/aromatic N) is 3. The summed E-state index contributed by atoms with van der Waals surface area (Å²) < 4.78 is 5.51. The van der Waals surface area contributed by atoms with Crippen molar-refractivity contribution in [3.63, 3.8) is 0 Å². The largest absolute Gasteiger partial charge is 0.484 e. The maximum absolute atomic E-state index is 12.3. The summed E-state index contributed by atoms with van der Waals surface area (Å²) in [4.78, 5) is 21.0. The first-order chi connectivity index (χ1) is 16.2. The van der Waals surface area contributed by atoms with Crippen LogP contribution in [0.1, 0.15) is 16.7 Å². The molecule has 1 aromatic heterocycles. The van der Waals surface area contributed by atoms with E-state index in [0.29, 0.717) is 11.3 Å². The Morgan fingerprint density at radius 2 is 1.88 bits per heavy atom. The number of rotatable bonds is 6. The lowest BCUT2D eigenvalue weighted by molar-refractivity contribution is -0.118. The van der Waals surface area contributed by atoms with Crippen LogP contribution in [0.2, 0.25) is 0 Å². The first-order valence-corrected chi connectivity index (χ1v) is 10.7. The number of anilines is 2. The number of carbonyl (C=O) groups excluding carboxylic acids is 1. The molecule has 1 heterocycles. The Morgan fingerprint density at radius 3 is 2.73 bits per heavy atom. The summed E-state index contributed by atoms with van der Waals surface area (Å²) in [6, 6.07) is 23.0. The molecule has 7 nitrogen and oxygen atoms in total. The summed E-state index contributed by atoms with van der Waals surface area (Å²) in [6.45, 7) is -0.0449. The zero-order chi connectivity index (χ0) is 22.6. The van der Waals surface area contributed by atoms with Gasteiger partial charge in [-0.2, -0.15) is 5.26 Å². The van der Waals surface area contributed by atoms with E-state index in [0.717, 1.165) is 35.2 Å². The first kappa shape index (κ1) is 20.5. The summed E-state index contributed by atoms with van der Waals surface area (Å²) in [5, 5.41) is 16.5. The van der Waals surface area contributed by atoms with Gasteiger partial charge in [-0.3, -0.25) is 4.79 Å². The van der Waals surface area contributed by atoms with Gasteiger partial charge in [0.15, 0.2) is 6.61 Å². The number of fused-ring (bicyclic) bond motifs is 2. The normalized spacial score (nSPS) is 14.3. The lowest BCUT2D eigenvalue weighted by Gasteiger charge is -2.14. The maximum atomic E-state index is 12.3. The average molecular weight is 435 g/mol. The molecule has 0 radical (unpaired) electrons. The highest BCUT2D eigenvalue weighted by Crippen LogP contribution is 2.29. The number of hydrogen-bond donors (Lipinski definition) is 2. The monoisotopic (exact) mass is 435 g/mol. The van der Waals surface area contributed by atoms with Crippen LogP contribution in [0.15, 0.2) is 73.1 Å². The molecule has 0 bridgehead atoms. The SMILES string of the molecule is N#Cc1ccc2ncnc(NC3Cc4ccc(NC(=O)COc5ccccc5)cc4C3)c2c1. The molecule has 0 spiro atoms. The van der Waals surface area contributed by atoms with Gasteiger partial charge >= 0.3 is 0 Å². The van der Waals surface area contributed by atoms with Crippen LogP contribution in [0.3, 0.4) is 0 Å². The second-order valence-electron chi connectivity index (χ2n) is 7.95. The van der Waals surface area contributed by atoms with E-state index in [1.54, 1.807) is 6.07 Å². The van der Waals surface area contributed by atoms with Crippen molar-refractivity contribution in [2.24, 2.45) is 0 Å². The minimum atomic E-state index is -0.202. The zero-order valence-electron chi connectivity index (χ0n) is 17.8. The predicted octanol–water partition coefficient (Wildman–Crippen LogP) is 4.10.